The van der Waals surface area contributed by atoms with Crippen LogP contribution in [-0.2, 0) is 6.54 Å². The molecule has 0 atom stereocenters. The van der Waals surface area contributed by atoms with E-state index in [-0.39, 0.29) is 12.5 Å². The molecule has 9 heteroatoms. The number of amides is 1. The Morgan fingerprint density at radius 3 is 2.42 bits per heavy atom. The number of benzene rings is 2. The minimum absolute atomic E-state index is 0.263. The van der Waals surface area contributed by atoms with Crippen LogP contribution >= 0.6 is 22.9 Å². The average molecular weight is 484 g/mol. The van der Waals surface area contributed by atoms with E-state index in [1.807, 2.05) is 31.2 Å². The molecule has 2 heterocycles. The number of ether oxygens (including phenoxy) is 3. The first kappa shape index (κ1) is 22.8. The highest BCUT2D eigenvalue weighted by Crippen LogP contribution is 2.40. The summed E-state index contributed by atoms with van der Waals surface area (Å²) in [6.07, 6.45) is 3.42. The number of aromatic nitrogens is 2. The number of thiazole rings is 1. The second-order valence-electron chi connectivity index (χ2n) is 7.23. The van der Waals surface area contributed by atoms with Gasteiger partial charge in [-0.15, -0.1) is 0 Å². The van der Waals surface area contributed by atoms with E-state index in [2.05, 4.69) is 4.98 Å². The summed E-state index contributed by atoms with van der Waals surface area (Å²) in [6.45, 7) is 2.24. The molecule has 0 spiro atoms. The quantitative estimate of drug-likeness (QED) is 0.344. The minimum Gasteiger partial charge on any atom is -0.493 e. The summed E-state index contributed by atoms with van der Waals surface area (Å²) in [5.74, 6) is 0.948. The normalized spacial score (nSPS) is 10.8. The van der Waals surface area contributed by atoms with Crippen LogP contribution in [-0.4, -0.2) is 37.2 Å². The van der Waals surface area contributed by atoms with Crippen molar-refractivity contribution in [2.45, 2.75) is 13.5 Å². The Morgan fingerprint density at radius 2 is 1.82 bits per heavy atom. The van der Waals surface area contributed by atoms with Gasteiger partial charge in [0.15, 0.2) is 16.6 Å². The molecule has 1 amide bonds. The number of aryl methyl sites for hydroxylation is 1. The third-order valence-corrected chi connectivity index (χ3v) is 6.33. The van der Waals surface area contributed by atoms with Crippen molar-refractivity contribution in [1.29, 1.82) is 0 Å². The zero-order chi connectivity index (χ0) is 23.5. The molecule has 4 rings (SSSR count). The standard InChI is InChI=1S/C24H22ClN3O4S/c1-14-8-17(25)11-20-21(14)27-24(33-20)28(13-15-6-5-7-26-12-15)23(29)16-9-18(30-2)22(32-4)19(10-16)31-3/h5-12H,13H2,1-4H3. The molecule has 0 radical (unpaired) electrons. The second kappa shape index (κ2) is 9.64. The molecule has 0 aliphatic carbocycles. The van der Waals surface area contributed by atoms with Crippen molar-refractivity contribution in [3.63, 3.8) is 0 Å². The summed E-state index contributed by atoms with van der Waals surface area (Å²) in [4.78, 5) is 24.4. The summed E-state index contributed by atoms with van der Waals surface area (Å²) < 4.78 is 17.2. The van der Waals surface area contributed by atoms with Crippen LogP contribution in [0.3, 0.4) is 0 Å². The largest absolute Gasteiger partial charge is 0.493 e. The van der Waals surface area contributed by atoms with E-state index in [0.29, 0.717) is 33.0 Å². The highest BCUT2D eigenvalue weighted by Gasteiger charge is 2.25. The molecule has 2 aromatic carbocycles. The van der Waals surface area contributed by atoms with Gasteiger partial charge in [-0.2, -0.15) is 0 Å². The van der Waals surface area contributed by atoms with Crippen LogP contribution in [0.1, 0.15) is 21.5 Å². The zero-order valence-electron chi connectivity index (χ0n) is 18.6. The predicted octanol–water partition coefficient (Wildman–Crippen LogP) is 5.53. The van der Waals surface area contributed by atoms with E-state index in [9.17, 15) is 4.79 Å². The second-order valence-corrected chi connectivity index (χ2v) is 8.68. The number of methoxy groups -OCH3 is 3. The third-order valence-electron chi connectivity index (χ3n) is 5.09. The van der Waals surface area contributed by atoms with Gasteiger partial charge in [0.1, 0.15) is 0 Å². The lowest BCUT2D eigenvalue weighted by molar-refractivity contribution is 0.0984. The van der Waals surface area contributed by atoms with Crippen molar-refractivity contribution in [2.24, 2.45) is 0 Å². The molecule has 0 saturated carbocycles. The molecule has 0 saturated heterocycles. The molecule has 4 aromatic rings. The molecule has 0 bridgehead atoms. The molecular weight excluding hydrogens is 462 g/mol. The lowest BCUT2D eigenvalue weighted by Crippen LogP contribution is -2.30. The number of pyridine rings is 1. The van der Waals surface area contributed by atoms with E-state index in [1.54, 1.807) is 29.4 Å². The Bertz CT molecular complexity index is 1290. The molecule has 0 fully saturated rings. The summed E-state index contributed by atoms with van der Waals surface area (Å²) in [7, 11) is 4.54. The number of carbonyl (C=O) groups excluding carboxylic acids is 1. The average Bonchev–Trinajstić information content (AvgIpc) is 3.25. The van der Waals surface area contributed by atoms with Crippen molar-refractivity contribution in [3.05, 3.63) is 70.5 Å². The van der Waals surface area contributed by atoms with E-state index in [1.165, 1.54) is 32.7 Å². The Morgan fingerprint density at radius 1 is 1.09 bits per heavy atom. The lowest BCUT2D eigenvalue weighted by Gasteiger charge is -2.21. The number of rotatable bonds is 7. The highest BCUT2D eigenvalue weighted by molar-refractivity contribution is 7.22. The van der Waals surface area contributed by atoms with Gasteiger partial charge in [-0.05, 0) is 48.4 Å². The molecule has 7 nitrogen and oxygen atoms in total. The number of halogens is 1. The van der Waals surface area contributed by atoms with Crippen LogP contribution in [0, 0.1) is 6.92 Å². The van der Waals surface area contributed by atoms with Crippen LogP contribution in [0.25, 0.3) is 10.2 Å². The minimum atomic E-state index is -0.263. The topological polar surface area (TPSA) is 73.8 Å². The number of nitrogens with zero attached hydrogens (tertiary/aromatic N) is 3. The van der Waals surface area contributed by atoms with Crippen molar-refractivity contribution >= 4 is 44.2 Å². The first-order valence-corrected chi connectivity index (χ1v) is 11.2. The number of fused-ring (bicyclic) bond motifs is 1. The van der Waals surface area contributed by atoms with Gasteiger partial charge in [0.25, 0.3) is 5.91 Å². The van der Waals surface area contributed by atoms with Crippen LogP contribution in [0.4, 0.5) is 5.13 Å². The predicted molar refractivity (Wildman–Crippen MR) is 130 cm³/mol. The van der Waals surface area contributed by atoms with Gasteiger partial charge in [-0.25, -0.2) is 4.98 Å². The van der Waals surface area contributed by atoms with Crippen molar-refractivity contribution in [2.75, 3.05) is 26.2 Å². The van der Waals surface area contributed by atoms with Gasteiger partial charge in [-0.1, -0.05) is 29.0 Å². The number of hydrogen-bond acceptors (Lipinski definition) is 7. The lowest BCUT2D eigenvalue weighted by atomic mass is 10.1. The Labute approximate surface area is 200 Å². The van der Waals surface area contributed by atoms with Gasteiger partial charge in [-0.3, -0.25) is 14.7 Å². The summed E-state index contributed by atoms with van der Waals surface area (Å²) >= 11 is 7.65. The molecule has 0 aliphatic heterocycles. The zero-order valence-corrected chi connectivity index (χ0v) is 20.2. The highest BCUT2D eigenvalue weighted by atomic mass is 35.5. The molecule has 2 aromatic heterocycles. The molecule has 0 unspecified atom stereocenters. The molecule has 0 aliphatic rings. The van der Waals surface area contributed by atoms with Gasteiger partial charge in [0, 0.05) is 23.0 Å². The summed E-state index contributed by atoms with van der Waals surface area (Å²) in [6, 6.07) is 10.7. The molecule has 0 N–H and O–H groups in total. The summed E-state index contributed by atoms with van der Waals surface area (Å²) in [5, 5.41) is 1.18. The van der Waals surface area contributed by atoms with Crippen molar-refractivity contribution in [1.82, 2.24) is 9.97 Å². The van der Waals surface area contributed by atoms with E-state index in [4.69, 9.17) is 30.8 Å². The fraction of sp³-hybridized carbons (Fsp3) is 0.208. The maximum atomic E-state index is 13.8. The van der Waals surface area contributed by atoms with Crippen LogP contribution < -0.4 is 19.1 Å². The van der Waals surface area contributed by atoms with Gasteiger partial charge < -0.3 is 14.2 Å². The van der Waals surface area contributed by atoms with Gasteiger partial charge >= 0.3 is 0 Å². The number of hydrogen-bond donors (Lipinski definition) is 0. The molecular formula is C24H22ClN3O4S. The van der Waals surface area contributed by atoms with Crippen LogP contribution in [0.15, 0.2) is 48.8 Å². The molecule has 170 valence electrons. The maximum absolute atomic E-state index is 13.8. The monoisotopic (exact) mass is 483 g/mol. The number of carbonyl (C=O) groups is 1. The number of anilines is 1. The summed E-state index contributed by atoms with van der Waals surface area (Å²) in [5.41, 5.74) is 3.00. The van der Waals surface area contributed by atoms with Crippen LogP contribution in [0.5, 0.6) is 17.2 Å². The first-order chi connectivity index (χ1) is 15.9. The fourth-order valence-electron chi connectivity index (χ4n) is 3.52. The SMILES string of the molecule is COc1cc(C(=O)N(Cc2cccnc2)c2nc3c(C)cc(Cl)cc3s2)cc(OC)c1OC. The Kier molecular flexibility index (Phi) is 6.67. The first-order valence-electron chi connectivity index (χ1n) is 10.0. The van der Waals surface area contributed by atoms with Crippen molar-refractivity contribution < 1.29 is 19.0 Å². The van der Waals surface area contributed by atoms with Crippen molar-refractivity contribution in [3.8, 4) is 17.2 Å². The van der Waals surface area contributed by atoms with Gasteiger partial charge in [0.2, 0.25) is 5.75 Å². The smallest absolute Gasteiger partial charge is 0.260 e. The van der Waals surface area contributed by atoms with Crippen LogP contribution in [0.2, 0.25) is 5.02 Å². The molecule has 33 heavy (non-hydrogen) atoms. The van der Waals surface area contributed by atoms with E-state index >= 15 is 0 Å². The van der Waals surface area contributed by atoms with E-state index < -0.39 is 0 Å². The Balaban J connectivity index is 1.83. The van der Waals surface area contributed by atoms with E-state index in [0.717, 1.165) is 21.3 Å². The Hall–Kier alpha value is -3.36. The maximum Gasteiger partial charge on any atom is 0.260 e. The fourth-order valence-corrected chi connectivity index (χ4v) is 4.94. The third kappa shape index (κ3) is 4.58. The van der Waals surface area contributed by atoms with Gasteiger partial charge in [0.05, 0.1) is 38.1 Å².